The number of carbonyl (C=O) groups excluding carboxylic acids is 1. The molecule has 0 bridgehead atoms. The van der Waals surface area contributed by atoms with Gasteiger partial charge >= 0.3 is 5.97 Å². The fourth-order valence-electron chi connectivity index (χ4n) is 0.931. The number of hydrogen-bond donors (Lipinski definition) is 1. The molecule has 0 aromatic carbocycles. The molecule has 0 saturated carbocycles. The van der Waals surface area contributed by atoms with E-state index in [1.807, 2.05) is 0 Å². The Bertz CT molecular complexity index is 398. The highest BCUT2D eigenvalue weighted by Gasteiger charge is 2.20. The van der Waals surface area contributed by atoms with Crippen LogP contribution in [0, 0.1) is 0 Å². The van der Waals surface area contributed by atoms with Crippen LogP contribution in [-0.4, -0.2) is 18.1 Å². The second-order valence-electron chi connectivity index (χ2n) is 2.58. The molecule has 1 aromatic heterocycles. The average molecular weight is 281 g/mol. The molecule has 1 heterocycles. The van der Waals surface area contributed by atoms with Gasteiger partial charge in [0.05, 0.1) is 22.8 Å². The summed E-state index contributed by atoms with van der Waals surface area (Å²) in [5.41, 5.74) is 4.75. The van der Waals surface area contributed by atoms with Gasteiger partial charge in [-0.05, 0) is 15.9 Å². The number of methoxy groups -OCH3 is 1. The summed E-state index contributed by atoms with van der Waals surface area (Å²) < 4.78 is 29.1. The lowest BCUT2D eigenvalue weighted by Crippen LogP contribution is -2.10. The molecule has 0 fully saturated rings. The summed E-state index contributed by atoms with van der Waals surface area (Å²) in [5, 5.41) is 0. The van der Waals surface area contributed by atoms with Crippen LogP contribution in [0.2, 0.25) is 0 Å². The Morgan fingerprint density at radius 3 is 2.73 bits per heavy atom. The van der Waals surface area contributed by atoms with Crippen LogP contribution in [0.15, 0.2) is 10.7 Å². The second-order valence-corrected chi connectivity index (χ2v) is 3.38. The second kappa shape index (κ2) is 4.52. The van der Waals surface area contributed by atoms with Gasteiger partial charge in [-0.15, -0.1) is 0 Å². The number of nitrogens with zero attached hydrogens (tertiary/aromatic N) is 1. The number of anilines is 1. The molecule has 0 aliphatic heterocycles. The summed E-state index contributed by atoms with van der Waals surface area (Å²) in [4.78, 5) is 14.6. The highest BCUT2D eigenvalue weighted by atomic mass is 79.9. The zero-order valence-corrected chi connectivity index (χ0v) is 9.22. The molecule has 0 radical (unpaired) electrons. The molecular weight excluding hydrogens is 274 g/mol. The molecular formula is C8H7BrF2N2O2. The summed E-state index contributed by atoms with van der Waals surface area (Å²) in [7, 11) is 1.15. The number of nitrogen functional groups attached to an aromatic ring is 1. The zero-order valence-electron chi connectivity index (χ0n) is 7.63. The number of nitrogens with two attached hydrogens (primary N) is 1. The minimum Gasteiger partial charge on any atom is -0.464 e. The number of aromatic nitrogens is 1. The maximum atomic E-state index is 12.4. The Hall–Kier alpha value is -1.24. The third-order valence-corrected chi connectivity index (χ3v) is 2.58. The van der Waals surface area contributed by atoms with Gasteiger partial charge in [0.1, 0.15) is 0 Å². The Kier molecular flexibility index (Phi) is 3.57. The van der Waals surface area contributed by atoms with Crippen molar-refractivity contribution in [3.63, 3.8) is 0 Å². The molecule has 2 N–H and O–H groups in total. The van der Waals surface area contributed by atoms with Crippen LogP contribution in [-0.2, 0) is 4.74 Å². The van der Waals surface area contributed by atoms with Crippen LogP contribution in [0.25, 0.3) is 0 Å². The first-order chi connectivity index (χ1) is 6.99. The van der Waals surface area contributed by atoms with E-state index < -0.39 is 12.4 Å². The third kappa shape index (κ3) is 2.23. The molecule has 1 rings (SSSR count). The summed E-state index contributed by atoms with van der Waals surface area (Å²) in [6, 6.07) is 0. The van der Waals surface area contributed by atoms with Crippen LogP contribution in [0.3, 0.4) is 0 Å². The average Bonchev–Trinajstić information content (AvgIpc) is 2.20. The van der Waals surface area contributed by atoms with E-state index >= 15 is 0 Å². The molecule has 0 spiro atoms. The molecule has 0 aliphatic rings. The zero-order chi connectivity index (χ0) is 11.6. The Balaban J connectivity index is 3.27. The van der Waals surface area contributed by atoms with Crippen LogP contribution < -0.4 is 5.73 Å². The molecule has 0 aliphatic carbocycles. The third-order valence-electron chi connectivity index (χ3n) is 1.69. The van der Waals surface area contributed by atoms with E-state index in [4.69, 9.17) is 5.73 Å². The van der Waals surface area contributed by atoms with Crippen molar-refractivity contribution in [3.8, 4) is 0 Å². The van der Waals surface area contributed by atoms with E-state index in [2.05, 4.69) is 25.7 Å². The van der Waals surface area contributed by atoms with Gasteiger partial charge < -0.3 is 10.5 Å². The first-order valence-corrected chi connectivity index (χ1v) is 4.58. The lowest BCUT2D eigenvalue weighted by Gasteiger charge is -2.08. The molecule has 0 unspecified atom stereocenters. The number of pyridine rings is 1. The highest BCUT2D eigenvalue weighted by molar-refractivity contribution is 9.10. The van der Waals surface area contributed by atoms with Crippen LogP contribution in [0.5, 0.6) is 0 Å². The molecule has 7 heteroatoms. The molecule has 0 saturated heterocycles. The quantitative estimate of drug-likeness (QED) is 0.843. The highest BCUT2D eigenvalue weighted by Crippen LogP contribution is 2.32. The van der Waals surface area contributed by atoms with E-state index in [1.165, 1.54) is 0 Å². The number of esters is 1. The van der Waals surface area contributed by atoms with Crippen LogP contribution in [0.4, 0.5) is 14.5 Å². The molecule has 0 amide bonds. The standard InChI is InChI=1S/C8H7BrF2N2O2/c1-15-8(14)6-5(12)4(9)3(2-13-6)7(10)11/h2,7H,12H2,1H3. The fourth-order valence-corrected chi connectivity index (χ4v) is 1.39. The summed E-state index contributed by atoms with van der Waals surface area (Å²) in [6.45, 7) is 0. The van der Waals surface area contributed by atoms with Crippen molar-refractivity contribution < 1.29 is 18.3 Å². The maximum absolute atomic E-state index is 12.4. The minimum atomic E-state index is -2.71. The van der Waals surface area contributed by atoms with E-state index in [9.17, 15) is 13.6 Å². The summed E-state index contributed by atoms with van der Waals surface area (Å²) in [5.74, 6) is -0.769. The number of alkyl halides is 2. The van der Waals surface area contributed by atoms with Gasteiger partial charge in [0.25, 0.3) is 6.43 Å². The van der Waals surface area contributed by atoms with Gasteiger partial charge in [0.15, 0.2) is 5.69 Å². The van der Waals surface area contributed by atoms with E-state index in [0.717, 1.165) is 13.3 Å². The Morgan fingerprint density at radius 1 is 1.67 bits per heavy atom. The molecule has 1 aromatic rings. The minimum absolute atomic E-state index is 0.0344. The van der Waals surface area contributed by atoms with Crippen molar-refractivity contribution in [1.29, 1.82) is 0 Å². The van der Waals surface area contributed by atoms with Crippen molar-refractivity contribution >= 4 is 27.6 Å². The van der Waals surface area contributed by atoms with Crippen molar-refractivity contribution in [3.05, 3.63) is 21.9 Å². The molecule has 0 atom stereocenters. The van der Waals surface area contributed by atoms with E-state index in [0.29, 0.717) is 0 Å². The molecule has 15 heavy (non-hydrogen) atoms. The SMILES string of the molecule is COC(=O)c1ncc(C(F)F)c(Br)c1N. The van der Waals surface area contributed by atoms with Crippen molar-refractivity contribution in [2.75, 3.05) is 12.8 Å². The Morgan fingerprint density at radius 2 is 2.27 bits per heavy atom. The lowest BCUT2D eigenvalue weighted by atomic mass is 10.2. The van der Waals surface area contributed by atoms with Gasteiger partial charge in [-0.2, -0.15) is 0 Å². The van der Waals surface area contributed by atoms with Gasteiger partial charge in [0, 0.05) is 6.20 Å². The normalized spacial score (nSPS) is 10.5. The first-order valence-electron chi connectivity index (χ1n) is 3.79. The number of rotatable bonds is 2. The number of halogens is 3. The van der Waals surface area contributed by atoms with E-state index in [1.54, 1.807) is 0 Å². The maximum Gasteiger partial charge on any atom is 0.358 e. The topological polar surface area (TPSA) is 65.2 Å². The van der Waals surface area contributed by atoms with Crippen molar-refractivity contribution in [2.24, 2.45) is 0 Å². The van der Waals surface area contributed by atoms with Gasteiger partial charge in [0.2, 0.25) is 0 Å². The Labute approximate surface area is 92.6 Å². The van der Waals surface area contributed by atoms with Crippen molar-refractivity contribution in [2.45, 2.75) is 6.43 Å². The summed E-state index contributed by atoms with van der Waals surface area (Å²) >= 11 is 2.88. The van der Waals surface area contributed by atoms with E-state index in [-0.39, 0.29) is 21.4 Å². The molecule has 82 valence electrons. The monoisotopic (exact) mass is 280 g/mol. The predicted molar refractivity (Wildman–Crippen MR) is 52.6 cm³/mol. The predicted octanol–water partition coefficient (Wildman–Crippen LogP) is 2.15. The smallest absolute Gasteiger partial charge is 0.358 e. The number of hydrogen-bond acceptors (Lipinski definition) is 4. The van der Waals surface area contributed by atoms with Crippen LogP contribution >= 0.6 is 15.9 Å². The lowest BCUT2D eigenvalue weighted by molar-refractivity contribution is 0.0594. The summed E-state index contributed by atoms with van der Waals surface area (Å²) in [6.07, 6.45) is -1.82. The first kappa shape index (κ1) is 11.8. The van der Waals surface area contributed by atoms with Gasteiger partial charge in [-0.3, -0.25) is 0 Å². The fraction of sp³-hybridized carbons (Fsp3) is 0.250. The number of carbonyl (C=O) groups is 1. The van der Waals surface area contributed by atoms with Gasteiger partial charge in [-0.25, -0.2) is 18.6 Å². The van der Waals surface area contributed by atoms with Gasteiger partial charge in [-0.1, -0.05) is 0 Å². The van der Waals surface area contributed by atoms with Crippen molar-refractivity contribution in [1.82, 2.24) is 4.98 Å². The largest absolute Gasteiger partial charge is 0.464 e. The number of ether oxygens (including phenoxy) is 1. The van der Waals surface area contributed by atoms with Crippen LogP contribution in [0.1, 0.15) is 22.5 Å². The molecule has 4 nitrogen and oxygen atoms in total.